The number of aryl methyl sites for hydroxylation is 1. The number of likely N-dealkylation sites (tertiary alicyclic amines) is 1. The summed E-state index contributed by atoms with van der Waals surface area (Å²) in [5, 5.41) is 25.7. The molecule has 3 heterocycles. The van der Waals surface area contributed by atoms with Crippen LogP contribution in [0.2, 0.25) is 0 Å². The summed E-state index contributed by atoms with van der Waals surface area (Å²) in [7, 11) is 0. The van der Waals surface area contributed by atoms with Gasteiger partial charge in [0.25, 0.3) is 5.91 Å². The molecule has 1 aliphatic carbocycles. The molecule has 1 saturated heterocycles. The number of amidine groups is 1. The Balaban J connectivity index is 1.41. The molecule has 0 spiro atoms. The highest BCUT2D eigenvalue weighted by atomic mass is 32.1. The number of thiazole rings is 1. The predicted molar refractivity (Wildman–Crippen MR) is 150 cm³/mol. The number of nitrogens with zero attached hydrogens (tertiary/aromatic N) is 4. The van der Waals surface area contributed by atoms with E-state index in [0.29, 0.717) is 24.2 Å². The Bertz CT molecular complexity index is 1430. The first kappa shape index (κ1) is 27.9. The lowest BCUT2D eigenvalue weighted by Gasteiger charge is -2.36. The van der Waals surface area contributed by atoms with E-state index in [1.807, 2.05) is 52.0 Å². The van der Waals surface area contributed by atoms with Crippen LogP contribution in [-0.4, -0.2) is 63.3 Å². The number of aliphatic hydroxyl groups is 1. The molecule has 40 heavy (non-hydrogen) atoms. The van der Waals surface area contributed by atoms with Gasteiger partial charge >= 0.3 is 0 Å². The third kappa shape index (κ3) is 4.80. The van der Waals surface area contributed by atoms with Crippen molar-refractivity contribution in [3.05, 3.63) is 41.0 Å². The summed E-state index contributed by atoms with van der Waals surface area (Å²) in [5.74, 6) is -0.834. The third-order valence-corrected chi connectivity index (χ3v) is 9.12. The Hall–Kier alpha value is -3.62. The number of nitriles is 1. The van der Waals surface area contributed by atoms with Crippen LogP contribution in [0.3, 0.4) is 0 Å². The van der Waals surface area contributed by atoms with Gasteiger partial charge in [-0.15, -0.1) is 11.3 Å². The smallest absolute Gasteiger partial charge is 0.257 e. The number of β-amino-alcohol motifs (C(OH)–C–C–N with tert-alkyl or cyclic N) is 1. The number of aliphatic imine (C=N–C) groups is 1. The van der Waals surface area contributed by atoms with Gasteiger partial charge in [-0.25, -0.2) is 9.98 Å². The molecule has 1 saturated carbocycles. The quantitative estimate of drug-likeness (QED) is 0.493. The molecular weight excluding hydrogens is 528 g/mol. The minimum Gasteiger partial charge on any atom is -0.391 e. The first-order chi connectivity index (χ1) is 18.8. The van der Waals surface area contributed by atoms with Crippen molar-refractivity contribution in [1.29, 1.82) is 5.26 Å². The summed E-state index contributed by atoms with van der Waals surface area (Å²) in [4.78, 5) is 51.8. The summed E-state index contributed by atoms with van der Waals surface area (Å²) in [5.41, 5.74) is 1.50. The zero-order valence-corrected chi connectivity index (χ0v) is 24.1. The Morgan fingerprint density at radius 3 is 2.50 bits per heavy atom. The number of hydrogen-bond acceptors (Lipinski definition) is 8. The van der Waals surface area contributed by atoms with E-state index >= 15 is 0 Å². The van der Waals surface area contributed by atoms with Gasteiger partial charge in [-0.2, -0.15) is 5.26 Å². The number of nitrogens with one attached hydrogen (secondary N) is 2. The van der Waals surface area contributed by atoms with Gasteiger partial charge in [0.05, 0.1) is 34.3 Å². The van der Waals surface area contributed by atoms with Gasteiger partial charge in [0.1, 0.15) is 17.3 Å². The second kappa shape index (κ2) is 9.78. The van der Waals surface area contributed by atoms with Crippen molar-refractivity contribution in [2.75, 3.05) is 6.54 Å². The van der Waals surface area contributed by atoms with E-state index < -0.39 is 40.5 Å². The number of aliphatic hydroxyl groups excluding tert-OH is 1. The fraction of sp³-hybridized carbons (Fsp3) is 0.517. The Labute approximate surface area is 237 Å². The summed E-state index contributed by atoms with van der Waals surface area (Å²) in [6, 6.07) is 8.13. The van der Waals surface area contributed by atoms with Gasteiger partial charge in [-0.1, -0.05) is 45.0 Å². The normalized spacial score (nSPS) is 26.1. The monoisotopic (exact) mass is 562 g/mol. The molecule has 210 valence electrons. The minimum absolute atomic E-state index is 0.0455. The van der Waals surface area contributed by atoms with E-state index in [1.54, 1.807) is 23.8 Å². The summed E-state index contributed by atoms with van der Waals surface area (Å²) in [6.45, 7) is 9.25. The van der Waals surface area contributed by atoms with Crippen molar-refractivity contribution < 1.29 is 19.5 Å². The van der Waals surface area contributed by atoms with E-state index in [0.717, 1.165) is 16.1 Å². The van der Waals surface area contributed by atoms with Crippen LogP contribution in [0.25, 0.3) is 10.4 Å². The molecule has 0 radical (unpaired) electrons. The average molecular weight is 563 g/mol. The highest BCUT2D eigenvalue weighted by molar-refractivity contribution is 7.13. The fourth-order valence-electron chi connectivity index (χ4n) is 5.35. The van der Waals surface area contributed by atoms with Crippen LogP contribution >= 0.6 is 11.3 Å². The minimum atomic E-state index is -1.21. The second-order valence-electron chi connectivity index (χ2n) is 12.2. The van der Waals surface area contributed by atoms with Gasteiger partial charge in [-0.05, 0) is 43.2 Å². The van der Waals surface area contributed by atoms with Crippen LogP contribution < -0.4 is 10.6 Å². The van der Waals surface area contributed by atoms with Crippen molar-refractivity contribution in [2.24, 2.45) is 15.8 Å². The highest BCUT2D eigenvalue weighted by Crippen LogP contribution is 2.45. The van der Waals surface area contributed by atoms with E-state index in [9.17, 15) is 24.8 Å². The lowest BCUT2D eigenvalue weighted by Crippen LogP contribution is -2.58. The number of carbonyl (C=O) groups excluding carboxylic acids is 3. The maximum Gasteiger partial charge on any atom is 0.257 e. The third-order valence-electron chi connectivity index (χ3n) is 8.15. The number of rotatable bonds is 6. The Kier molecular flexibility index (Phi) is 6.83. The van der Waals surface area contributed by atoms with Gasteiger partial charge in [0.15, 0.2) is 5.54 Å². The first-order valence-electron chi connectivity index (χ1n) is 13.4. The van der Waals surface area contributed by atoms with Crippen LogP contribution in [0.4, 0.5) is 0 Å². The van der Waals surface area contributed by atoms with Crippen molar-refractivity contribution in [2.45, 2.75) is 77.6 Å². The number of aromatic nitrogens is 1. The van der Waals surface area contributed by atoms with Crippen LogP contribution in [0.15, 0.2) is 34.8 Å². The van der Waals surface area contributed by atoms with Gasteiger partial charge < -0.3 is 20.6 Å². The lowest BCUT2D eigenvalue weighted by atomic mass is 9.85. The highest BCUT2D eigenvalue weighted by Gasteiger charge is 2.53. The molecule has 11 heteroatoms. The largest absolute Gasteiger partial charge is 0.391 e. The lowest BCUT2D eigenvalue weighted by molar-refractivity contribution is -0.140. The molecule has 0 bridgehead atoms. The topological polar surface area (TPSA) is 148 Å². The van der Waals surface area contributed by atoms with Crippen LogP contribution in [0.1, 0.15) is 58.2 Å². The summed E-state index contributed by atoms with van der Waals surface area (Å²) >= 11 is 1.55. The Morgan fingerprint density at radius 1 is 1.27 bits per heavy atom. The molecule has 1 aromatic carbocycles. The molecular formula is C29H34N6O4S. The molecule has 2 aromatic rings. The zero-order chi connectivity index (χ0) is 29.0. The summed E-state index contributed by atoms with van der Waals surface area (Å²) in [6.07, 6.45) is 0.333. The first-order valence-corrected chi connectivity index (χ1v) is 14.3. The SMILES string of the molecule is Cc1ncsc1-c1ccc([C@]2(C)N=C(C3C[C@@H](O)CN3C(=O)[C@@H](NC(=O)C3(C#N)CC3)C(C)(C)C)NC2=O)cc1. The molecule has 4 atom stereocenters. The van der Waals surface area contributed by atoms with E-state index in [2.05, 4.69) is 21.7 Å². The van der Waals surface area contributed by atoms with Crippen molar-refractivity contribution in [3.63, 3.8) is 0 Å². The van der Waals surface area contributed by atoms with E-state index in [-0.39, 0.29) is 24.8 Å². The second-order valence-corrected chi connectivity index (χ2v) is 13.1. The van der Waals surface area contributed by atoms with Crippen molar-refractivity contribution >= 4 is 34.9 Å². The maximum absolute atomic E-state index is 13.9. The van der Waals surface area contributed by atoms with Crippen molar-refractivity contribution in [1.82, 2.24) is 20.5 Å². The van der Waals surface area contributed by atoms with Crippen LogP contribution in [-0.2, 0) is 19.9 Å². The number of amides is 3. The molecule has 10 nitrogen and oxygen atoms in total. The average Bonchev–Trinajstić information content (AvgIpc) is 3.28. The number of hydrogen-bond donors (Lipinski definition) is 3. The number of benzene rings is 1. The molecule has 2 fully saturated rings. The van der Waals surface area contributed by atoms with Gasteiger partial charge in [0, 0.05) is 13.0 Å². The zero-order valence-electron chi connectivity index (χ0n) is 23.3. The molecule has 3 amide bonds. The molecule has 3 aliphatic rings. The maximum atomic E-state index is 13.9. The molecule has 3 N–H and O–H groups in total. The molecule has 2 aliphatic heterocycles. The fourth-order valence-corrected chi connectivity index (χ4v) is 6.16. The molecule has 1 unspecified atom stereocenters. The van der Waals surface area contributed by atoms with Gasteiger partial charge in [-0.3, -0.25) is 14.4 Å². The summed E-state index contributed by atoms with van der Waals surface area (Å²) < 4.78 is 0. The molecule has 5 rings (SSSR count). The standard InChI is InChI=1S/C29H34N6O4S/c1-16-21(40-15-31-16)17-6-8-18(9-7-17)28(5)25(38)33-23(34-28)20-12-19(36)13-35(20)24(37)22(27(2,3)4)32-26(39)29(14-30)10-11-29/h6-9,15,19-20,22,36H,10-13H2,1-5H3,(H,32,39)(H,33,34,38)/t19-,20?,22-,28+/m1/s1. The van der Waals surface area contributed by atoms with E-state index in [4.69, 9.17) is 4.99 Å². The van der Waals surface area contributed by atoms with E-state index in [1.165, 1.54) is 4.90 Å². The number of carbonyl (C=O) groups is 3. The predicted octanol–water partition coefficient (Wildman–Crippen LogP) is 2.66. The van der Waals surface area contributed by atoms with Crippen molar-refractivity contribution in [3.8, 4) is 16.5 Å². The Morgan fingerprint density at radius 2 is 1.95 bits per heavy atom. The molecule has 1 aromatic heterocycles. The van der Waals surface area contributed by atoms with Crippen LogP contribution in [0.5, 0.6) is 0 Å². The van der Waals surface area contributed by atoms with Gasteiger partial charge in [0.2, 0.25) is 11.8 Å². The van der Waals surface area contributed by atoms with Crippen LogP contribution in [0, 0.1) is 29.1 Å².